The van der Waals surface area contributed by atoms with Gasteiger partial charge in [-0.15, -0.1) is 0 Å². The zero-order valence-electron chi connectivity index (χ0n) is 16.2. The van der Waals surface area contributed by atoms with Crippen molar-refractivity contribution in [1.29, 1.82) is 0 Å². The lowest BCUT2D eigenvalue weighted by molar-refractivity contribution is -0.149. The van der Waals surface area contributed by atoms with Gasteiger partial charge in [-0.05, 0) is 80.4 Å². The molecule has 0 atom stereocenters. The summed E-state index contributed by atoms with van der Waals surface area (Å²) in [5, 5.41) is 0. The number of rotatable bonds is 6. The Bertz CT molecular complexity index is 643. The molecule has 0 saturated heterocycles. The van der Waals surface area contributed by atoms with E-state index in [1.165, 1.54) is 32.1 Å². The van der Waals surface area contributed by atoms with Crippen molar-refractivity contribution in [2.45, 2.75) is 45.6 Å². The molecule has 142 valence electrons. The molecule has 0 N–H and O–H groups in total. The van der Waals surface area contributed by atoms with Crippen molar-refractivity contribution in [2.24, 2.45) is 29.6 Å². The normalized spacial score (nSPS) is 31.7. The second-order valence-corrected chi connectivity index (χ2v) is 8.50. The molecule has 0 spiro atoms. The van der Waals surface area contributed by atoms with Gasteiger partial charge in [-0.2, -0.15) is 0 Å². The highest BCUT2D eigenvalue weighted by Gasteiger charge is 2.51. The summed E-state index contributed by atoms with van der Waals surface area (Å²) in [5.74, 6) is 5.19. The van der Waals surface area contributed by atoms with E-state index in [9.17, 15) is 4.79 Å². The van der Waals surface area contributed by atoms with Crippen molar-refractivity contribution in [3.8, 4) is 11.5 Å². The highest BCUT2D eigenvalue weighted by atomic mass is 16.5. The van der Waals surface area contributed by atoms with Gasteiger partial charge in [0.25, 0.3) is 0 Å². The van der Waals surface area contributed by atoms with Crippen LogP contribution in [-0.2, 0) is 11.3 Å². The first-order valence-electron chi connectivity index (χ1n) is 10.1. The van der Waals surface area contributed by atoms with Crippen molar-refractivity contribution in [1.82, 2.24) is 4.90 Å². The minimum atomic E-state index is 0.267. The molecule has 26 heavy (non-hydrogen) atoms. The second kappa shape index (κ2) is 7.13. The van der Waals surface area contributed by atoms with Gasteiger partial charge >= 0.3 is 0 Å². The Kier molecular flexibility index (Phi) is 4.85. The van der Waals surface area contributed by atoms with Crippen LogP contribution in [0.15, 0.2) is 18.2 Å². The number of benzene rings is 1. The third-order valence-corrected chi connectivity index (χ3v) is 7.03. The minimum Gasteiger partial charge on any atom is -0.493 e. The summed E-state index contributed by atoms with van der Waals surface area (Å²) < 4.78 is 10.7. The number of nitrogens with zero attached hydrogens (tertiary/aromatic N) is 1. The molecule has 0 unspecified atom stereocenters. The maximum Gasteiger partial charge on any atom is 0.226 e. The largest absolute Gasteiger partial charge is 0.493 e. The first-order chi connectivity index (χ1) is 12.6. The Morgan fingerprint density at radius 3 is 2.15 bits per heavy atom. The molecule has 4 bridgehead atoms. The smallest absolute Gasteiger partial charge is 0.226 e. The molecule has 0 heterocycles. The van der Waals surface area contributed by atoms with E-state index in [0.29, 0.717) is 24.3 Å². The van der Waals surface area contributed by atoms with Gasteiger partial charge in [0.05, 0.1) is 14.2 Å². The van der Waals surface area contributed by atoms with Crippen LogP contribution in [0.1, 0.15) is 44.6 Å². The quantitative estimate of drug-likeness (QED) is 0.768. The number of carbonyl (C=O) groups is 1. The van der Waals surface area contributed by atoms with E-state index in [0.717, 1.165) is 35.4 Å². The molecule has 5 rings (SSSR count). The van der Waals surface area contributed by atoms with Gasteiger partial charge < -0.3 is 14.4 Å². The Morgan fingerprint density at radius 1 is 1.00 bits per heavy atom. The maximum atomic E-state index is 13.4. The summed E-state index contributed by atoms with van der Waals surface area (Å²) >= 11 is 0. The first kappa shape index (κ1) is 17.7. The molecule has 4 heteroatoms. The van der Waals surface area contributed by atoms with E-state index in [-0.39, 0.29) is 5.92 Å². The number of methoxy groups -OCH3 is 2. The highest BCUT2D eigenvalue weighted by Crippen LogP contribution is 2.56. The fraction of sp³-hybridized carbons (Fsp3) is 0.682. The number of hydrogen-bond acceptors (Lipinski definition) is 3. The van der Waals surface area contributed by atoms with Gasteiger partial charge in [-0.3, -0.25) is 4.79 Å². The van der Waals surface area contributed by atoms with Gasteiger partial charge in [0.15, 0.2) is 11.5 Å². The van der Waals surface area contributed by atoms with Crippen molar-refractivity contribution in [3.63, 3.8) is 0 Å². The van der Waals surface area contributed by atoms with Crippen LogP contribution in [-0.4, -0.2) is 31.6 Å². The predicted molar refractivity (Wildman–Crippen MR) is 101 cm³/mol. The minimum absolute atomic E-state index is 0.267. The number of ether oxygens (including phenoxy) is 2. The summed E-state index contributed by atoms with van der Waals surface area (Å²) in [4.78, 5) is 15.5. The Hall–Kier alpha value is -1.71. The fourth-order valence-electron chi connectivity index (χ4n) is 6.08. The van der Waals surface area contributed by atoms with Gasteiger partial charge in [0.2, 0.25) is 5.91 Å². The number of hydrogen-bond donors (Lipinski definition) is 0. The maximum absolute atomic E-state index is 13.4. The SMILES string of the molecule is CCN(Cc1ccc(OC)c(OC)c1)C(=O)C1C2CC3CC(C2)CC1C3. The van der Waals surface area contributed by atoms with Crippen molar-refractivity contribution in [2.75, 3.05) is 20.8 Å². The lowest BCUT2D eigenvalue weighted by atomic mass is 9.51. The predicted octanol–water partition coefficient (Wildman–Crippen LogP) is 4.12. The van der Waals surface area contributed by atoms with E-state index in [2.05, 4.69) is 6.92 Å². The molecule has 1 aromatic carbocycles. The van der Waals surface area contributed by atoms with Gasteiger partial charge in [-0.1, -0.05) is 6.07 Å². The molecule has 4 saturated carbocycles. The molecule has 1 amide bonds. The topological polar surface area (TPSA) is 38.8 Å². The van der Waals surface area contributed by atoms with Crippen LogP contribution in [0, 0.1) is 29.6 Å². The summed E-state index contributed by atoms with van der Waals surface area (Å²) in [5.41, 5.74) is 1.10. The average Bonchev–Trinajstić information content (AvgIpc) is 2.64. The average molecular weight is 357 g/mol. The van der Waals surface area contributed by atoms with Crippen molar-refractivity contribution < 1.29 is 14.3 Å². The van der Waals surface area contributed by atoms with Crippen LogP contribution >= 0.6 is 0 Å². The van der Waals surface area contributed by atoms with E-state index in [4.69, 9.17) is 9.47 Å². The van der Waals surface area contributed by atoms with Crippen molar-refractivity contribution >= 4 is 5.91 Å². The Balaban J connectivity index is 1.50. The standard InChI is InChI=1S/C22H31NO3/c1-4-23(13-14-5-6-19(25-2)20(12-14)26-3)22(24)21-17-8-15-7-16(10-17)11-18(21)9-15/h5-6,12,15-18,21H,4,7-11,13H2,1-3H3. The van der Waals surface area contributed by atoms with Crippen LogP contribution in [0.2, 0.25) is 0 Å². The first-order valence-corrected chi connectivity index (χ1v) is 10.1. The van der Waals surface area contributed by atoms with Crippen LogP contribution in [0.4, 0.5) is 0 Å². The van der Waals surface area contributed by atoms with Gasteiger partial charge in [0.1, 0.15) is 0 Å². The molecule has 1 aromatic rings. The molecule has 0 aromatic heterocycles. The molecule has 4 aliphatic rings. The zero-order chi connectivity index (χ0) is 18.3. The molecular formula is C22H31NO3. The molecule has 0 aliphatic heterocycles. The highest BCUT2D eigenvalue weighted by molar-refractivity contribution is 5.80. The second-order valence-electron chi connectivity index (χ2n) is 8.50. The molecular weight excluding hydrogens is 326 g/mol. The van der Waals surface area contributed by atoms with Crippen LogP contribution in [0.25, 0.3) is 0 Å². The van der Waals surface area contributed by atoms with Crippen LogP contribution < -0.4 is 9.47 Å². The lowest BCUT2D eigenvalue weighted by Gasteiger charge is -2.54. The number of amides is 1. The molecule has 0 radical (unpaired) electrons. The fourth-order valence-corrected chi connectivity index (χ4v) is 6.08. The Labute approximate surface area is 156 Å². The molecule has 4 nitrogen and oxygen atoms in total. The summed E-state index contributed by atoms with van der Waals surface area (Å²) in [6.07, 6.45) is 6.58. The van der Waals surface area contributed by atoms with Crippen LogP contribution in [0.3, 0.4) is 0 Å². The van der Waals surface area contributed by atoms with E-state index in [1.807, 2.05) is 23.1 Å². The van der Waals surface area contributed by atoms with E-state index >= 15 is 0 Å². The third kappa shape index (κ3) is 3.08. The van der Waals surface area contributed by atoms with Crippen LogP contribution in [0.5, 0.6) is 11.5 Å². The summed E-state index contributed by atoms with van der Waals surface area (Å²) in [6, 6.07) is 5.95. The van der Waals surface area contributed by atoms with Gasteiger partial charge in [0, 0.05) is 19.0 Å². The third-order valence-electron chi connectivity index (χ3n) is 7.03. The Morgan fingerprint density at radius 2 is 1.62 bits per heavy atom. The molecule has 4 aliphatic carbocycles. The summed E-state index contributed by atoms with van der Waals surface area (Å²) in [7, 11) is 3.30. The van der Waals surface area contributed by atoms with Gasteiger partial charge in [-0.25, -0.2) is 0 Å². The summed E-state index contributed by atoms with van der Waals surface area (Å²) in [6.45, 7) is 3.50. The molecule has 4 fully saturated rings. The zero-order valence-corrected chi connectivity index (χ0v) is 16.2. The van der Waals surface area contributed by atoms with E-state index < -0.39 is 0 Å². The monoisotopic (exact) mass is 357 g/mol. The van der Waals surface area contributed by atoms with E-state index in [1.54, 1.807) is 14.2 Å². The van der Waals surface area contributed by atoms with Crippen molar-refractivity contribution in [3.05, 3.63) is 23.8 Å². The number of carbonyl (C=O) groups excluding carboxylic acids is 1. The lowest BCUT2D eigenvalue weighted by Crippen LogP contribution is -2.51.